The van der Waals surface area contributed by atoms with Crippen molar-refractivity contribution in [3.8, 4) is 0 Å². The molecule has 1 aromatic rings. The zero-order chi connectivity index (χ0) is 14.3. The second-order valence-corrected chi connectivity index (χ2v) is 3.77. The van der Waals surface area contributed by atoms with Crippen molar-refractivity contribution < 1.29 is 18.7 Å². The standard InChI is InChI=1S/C13H19FN2O3/c1-3-18-12(19-4-2)9-16(13(15)17)11-7-5-10(14)6-8-11/h5-8,12H,3-4,9H2,1-2H3,(H2,15,17). The fourth-order valence-electron chi connectivity index (χ4n) is 1.62. The summed E-state index contributed by atoms with van der Waals surface area (Å²) < 4.78 is 23.6. The quantitative estimate of drug-likeness (QED) is 0.772. The summed E-state index contributed by atoms with van der Waals surface area (Å²) >= 11 is 0. The minimum Gasteiger partial charge on any atom is -0.351 e. The summed E-state index contributed by atoms with van der Waals surface area (Å²) in [6.07, 6.45) is -0.562. The molecule has 0 unspecified atom stereocenters. The van der Waals surface area contributed by atoms with Gasteiger partial charge in [-0.05, 0) is 38.1 Å². The molecular formula is C13H19FN2O3. The lowest BCUT2D eigenvalue weighted by Gasteiger charge is -2.26. The fraction of sp³-hybridized carbons (Fsp3) is 0.462. The van der Waals surface area contributed by atoms with Crippen molar-refractivity contribution >= 4 is 11.7 Å². The number of hydrogen-bond acceptors (Lipinski definition) is 3. The molecule has 1 aromatic carbocycles. The van der Waals surface area contributed by atoms with Crippen LogP contribution in [0.4, 0.5) is 14.9 Å². The summed E-state index contributed by atoms with van der Waals surface area (Å²) in [4.78, 5) is 12.8. The number of amides is 2. The van der Waals surface area contributed by atoms with Crippen molar-refractivity contribution in [2.75, 3.05) is 24.7 Å². The molecule has 106 valence electrons. The summed E-state index contributed by atoms with van der Waals surface area (Å²) in [5.74, 6) is -0.376. The van der Waals surface area contributed by atoms with Crippen LogP contribution in [0.3, 0.4) is 0 Å². The third-order valence-electron chi connectivity index (χ3n) is 2.44. The van der Waals surface area contributed by atoms with Gasteiger partial charge in [0.05, 0.1) is 6.54 Å². The van der Waals surface area contributed by atoms with Gasteiger partial charge in [0.1, 0.15) is 5.82 Å². The van der Waals surface area contributed by atoms with E-state index in [0.717, 1.165) is 0 Å². The number of primary amides is 1. The van der Waals surface area contributed by atoms with E-state index in [4.69, 9.17) is 15.2 Å². The monoisotopic (exact) mass is 270 g/mol. The molecule has 0 saturated carbocycles. The van der Waals surface area contributed by atoms with Crippen LogP contribution in [0, 0.1) is 5.82 Å². The Morgan fingerprint density at radius 2 is 1.79 bits per heavy atom. The molecule has 2 N–H and O–H groups in total. The Hall–Kier alpha value is -1.66. The summed E-state index contributed by atoms with van der Waals surface area (Å²) in [6.45, 7) is 4.74. The van der Waals surface area contributed by atoms with Gasteiger partial charge in [0.25, 0.3) is 0 Å². The van der Waals surface area contributed by atoms with Crippen molar-refractivity contribution in [1.29, 1.82) is 0 Å². The first-order chi connectivity index (χ1) is 9.08. The van der Waals surface area contributed by atoms with E-state index in [2.05, 4.69) is 0 Å². The highest BCUT2D eigenvalue weighted by molar-refractivity contribution is 5.90. The molecule has 0 bridgehead atoms. The molecule has 2 amide bonds. The summed E-state index contributed by atoms with van der Waals surface area (Å²) in [7, 11) is 0. The largest absolute Gasteiger partial charge is 0.351 e. The molecule has 0 fully saturated rings. The zero-order valence-electron chi connectivity index (χ0n) is 11.1. The zero-order valence-corrected chi connectivity index (χ0v) is 11.1. The van der Waals surface area contributed by atoms with Gasteiger partial charge in [0, 0.05) is 18.9 Å². The second kappa shape index (κ2) is 7.70. The molecule has 0 aliphatic rings. The average Bonchev–Trinajstić information content (AvgIpc) is 2.37. The van der Waals surface area contributed by atoms with Crippen LogP contribution in [0.1, 0.15) is 13.8 Å². The van der Waals surface area contributed by atoms with Crippen molar-refractivity contribution in [3.05, 3.63) is 30.1 Å². The van der Waals surface area contributed by atoms with Crippen LogP contribution in [0.2, 0.25) is 0 Å². The normalized spacial score (nSPS) is 10.7. The highest BCUT2D eigenvalue weighted by Gasteiger charge is 2.19. The van der Waals surface area contributed by atoms with E-state index in [1.54, 1.807) is 0 Å². The van der Waals surface area contributed by atoms with Gasteiger partial charge < -0.3 is 15.2 Å². The minimum atomic E-state index is -0.643. The van der Waals surface area contributed by atoms with E-state index in [-0.39, 0.29) is 12.4 Å². The van der Waals surface area contributed by atoms with E-state index in [1.807, 2.05) is 13.8 Å². The predicted molar refractivity (Wildman–Crippen MR) is 70.4 cm³/mol. The number of carbonyl (C=O) groups excluding carboxylic acids is 1. The molecule has 5 nitrogen and oxygen atoms in total. The maximum absolute atomic E-state index is 12.9. The molecule has 19 heavy (non-hydrogen) atoms. The molecule has 0 heterocycles. The van der Waals surface area contributed by atoms with E-state index in [9.17, 15) is 9.18 Å². The Balaban J connectivity index is 2.82. The number of halogens is 1. The molecule has 0 atom stereocenters. The lowest BCUT2D eigenvalue weighted by Crippen LogP contribution is -2.42. The molecule has 0 spiro atoms. The third kappa shape index (κ3) is 4.84. The second-order valence-electron chi connectivity index (χ2n) is 3.77. The maximum atomic E-state index is 12.9. The van der Waals surface area contributed by atoms with Gasteiger partial charge in [-0.1, -0.05) is 0 Å². The topological polar surface area (TPSA) is 64.8 Å². The fourth-order valence-corrected chi connectivity index (χ4v) is 1.62. The first-order valence-electron chi connectivity index (χ1n) is 6.14. The number of ether oxygens (including phenoxy) is 2. The SMILES string of the molecule is CCOC(CN(C(N)=O)c1ccc(F)cc1)OCC. The van der Waals surface area contributed by atoms with Crippen LogP contribution in [-0.4, -0.2) is 32.1 Å². The molecule has 0 saturated heterocycles. The number of nitrogens with two attached hydrogens (primary N) is 1. The van der Waals surface area contributed by atoms with Gasteiger partial charge in [-0.2, -0.15) is 0 Å². The van der Waals surface area contributed by atoms with Crippen LogP contribution >= 0.6 is 0 Å². The molecule has 1 rings (SSSR count). The van der Waals surface area contributed by atoms with Crippen molar-refractivity contribution in [2.45, 2.75) is 20.1 Å². The van der Waals surface area contributed by atoms with Gasteiger partial charge in [-0.25, -0.2) is 9.18 Å². The van der Waals surface area contributed by atoms with E-state index in [0.29, 0.717) is 18.9 Å². The highest BCUT2D eigenvalue weighted by Crippen LogP contribution is 2.16. The Bertz CT molecular complexity index is 391. The lowest BCUT2D eigenvalue weighted by molar-refractivity contribution is -0.128. The lowest BCUT2D eigenvalue weighted by atomic mass is 10.3. The summed E-state index contributed by atoms with van der Waals surface area (Å²) in [5, 5.41) is 0. The minimum absolute atomic E-state index is 0.155. The number of anilines is 1. The van der Waals surface area contributed by atoms with Gasteiger partial charge in [-0.15, -0.1) is 0 Å². The highest BCUT2D eigenvalue weighted by atomic mass is 19.1. The molecule has 0 aromatic heterocycles. The molecule has 0 aliphatic heterocycles. The Kier molecular flexibility index (Phi) is 6.24. The smallest absolute Gasteiger partial charge is 0.319 e. The van der Waals surface area contributed by atoms with Gasteiger partial charge >= 0.3 is 6.03 Å². The summed E-state index contributed by atoms with van der Waals surface area (Å²) in [5.41, 5.74) is 5.83. The Morgan fingerprint density at radius 1 is 1.26 bits per heavy atom. The molecule has 0 aliphatic carbocycles. The Labute approximate surface area is 112 Å². The van der Waals surface area contributed by atoms with Crippen LogP contribution in [0.5, 0.6) is 0 Å². The van der Waals surface area contributed by atoms with Crippen LogP contribution < -0.4 is 10.6 Å². The van der Waals surface area contributed by atoms with Gasteiger partial charge in [0.2, 0.25) is 0 Å². The summed E-state index contributed by atoms with van der Waals surface area (Å²) in [6, 6.07) is 4.85. The first-order valence-corrected chi connectivity index (χ1v) is 6.14. The number of benzene rings is 1. The first kappa shape index (κ1) is 15.4. The predicted octanol–water partition coefficient (Wildman–Crippen LogP) is 2.11. The molecular weight excluding hydrogens is 251 g/mol. The van der Waals surface area contributed by atoms with E-state index in [1.165, 1.54) is 29.2 Å². The van der Waals surface area contributed by atoms with Crippen molar-refractivity contribution in [2.24, 2.45) is 5.73 Å². The Morgan fingerprint density at radius 3 is 2.21 bits per heavy atom. The van der Waals surface area contributed by atoms with Gasteiger partial charge in [0.15, 0.2) is 6.29 Å². The van der Waals surface area contributed by atoms with E-state index >= 15 is 0 Å². The number of urea groups is 1. The number of nitrogens with zero attached hydrogens (tertiary/aromatic N) is 1. The van der Waals surface area contributed by atoms with Gasteiger partial charge in [-0.3, -0.25) is 4.90 Å². The van der Waals surface area contributed by atoms with E-state index < -0.39 is 12.3 Å². The third-order valence-corrected chi connectivity index (χ3v) is 2.44. The average molecular weight is 270 g/mol. The number of carbonyl (C=O) groups is 1. The van der Waals surface area contributed by atoms with Crippen LogP contribution in [0.25, 0.3) is 0 Å². The van der Waals surface area contributed by atoms with Crippen molar-refractivity contribution in [1.82, 2.24) is 0 Å². The number of rotatable bonds is 7. The molecule has 6 heteroatoms. The van der Waals surface area contributed by atoms with Crippen LogP contribution in [0.15, 0.2) is 24.3 Å². The van der Waals surface area contributed by atoms with Crippen LogP contribution in [-0.2, 0) is 9.47 Å². The molecule has 0 radical (unpaired) electrons. The maximum Gasteiger partial charge on any atom is 0.319 e. The van der Waals surface area contributed by atoms with Crippen molar-refractivity contribution in [3.63, 3.8) is 0 Å². The number of hydrogen-bond donors (Lipinski definition) is 1.